The lowest BCUT2D eigenvalue weighted by molar-refractivity contribution is 0.231. The van der Waals surface area contributed by atoms with Gasteiger partial charge in [-0.3, -0.25) is 0 Å². The molecule has 3 N–H and O–H groups in total. The number of rotatable bonds is 7. The van der Waals surface area contributed by atoms with Gasteiger partial charge >= 0.3 is 6.03 Å². The van der Waals surface area contributed by atoms with Crippen LogP contribution in [0.15, 0.2) is 24.3 Å². The Kier molecular flexibility index (Phi) is 7.01. The van der Waals surface area contributed by atoms with Crippen molar-refractivity contribution in [1.82, 2.24) is 10.6 Å². The van der Waals surface area contributed by atoms with Gasteiger partial charge < -0.3 is 15.7 Å². The molecule has 0 saturated carbocycles. The lowest BCUT2D eigenvalue weighted by atomic mass is 10.1. The van der Waals surface area contributed by atoms with E-state index in [9.17, 15) is 9.18 Å². The van der Waals surface area contributed by atoms with Crippen molar-refractivity contribution in [2.45, 2.75) is 45.2 Å². The van der Waals surface area contributed by atoms with Crippen molar-refractivity contribution in [3.63, 3.8) is 0 Å². The van der Waals surface area contributed by atoms with Crippen molar-refractivity contribution in [3.8, 4) is 0 Å². The normalized spacial score (nSPS) is 13.6. The third-order valence-electron chi connectivity index (χ3n) is 3.03. The van der Waals surface area contributed by atoms with E-state index in [1.807, 2.05) is 13.8 Å². The van der Waals surface area contributed by atoms with E-state index in [0.29, 0.717) is 18.4 Å². The molecule has 4 nitrogen and oxygen atoms in total. The highest BCUT2D eigenvalue weighted by Gasteiger charge is 2.12. The minimum Gasteiger partial charge on any atom is -0.396 e. The van der Waals surface area contributed by atoms with E-state index in [-0.39, 0.29) is 30.5 Å². The van der Waals surface area contributed by atoms with Crippen molar-refractivity contribution < 1.29 is 14.3 Å². The molecule has 1 rings (SSSR count). The van der Waals surface area contributed by atoms with E-state index in [1.54, 1.807) is 18.2 Å². The van der Waals surface area contributed by atoms with Gasteiger partial charge in [-0.05, 0) is 44.7 Å². The van der Waals surface area contributed by atoms with Crippen LogP contribution >= 0.6 is 0 Å². The first-order valence-electron chi connectivity index (χ1n) is 6.94. The number of urea groups is 1. The molecule has 112 valence electrons. The van der Waals surface area contributed by atoms with Crippen LogP contribution < -0.4 is 10.6 Å². The molecule has 2 amide bonds. The summed E-state index contributed by atoms with van der Waals surface area (Å²) in [6, 6.07) is 6.14. The van der Waals surface area contributed by atoms with Gasteiger partial charge in [0.2, 0.25) is 0 Å². The monoisotopic (exact) mass is 282 g/mol. The van der Waals surface area contributed by atoms with Crippen LogP contribution in [0.1, 0.15) is 32.3 Å². The summed E-state index contributed by atoms with van der Waals surface area (Å²) in [4.78, 5) is 11.7. The zero-order chi connectivity index (χ0) is 15.0. The molecule has 0 heterocycles. The van der Waals surface area contributed by atoms with Crippen LogP contribution in [-0.4, -0.2) is 29.8 Å². The number of hydrogen-bond acceptors (Lipinski definition) is 2. The average molecular weight is 282 g/mol. The fourth-order valence-electron chi connectivity index (χ4n) is 2.00. The van der Waals surface area contributed by atoms with Crippen LogP contribution in [0, 0.1) is 5.82 Å². The Bertz CT molecular complexity index is 426. The van der Waals surface area contributed by atoms with Crippen molar-refractivity contribution in [1.29, 1.82) is 0 Å². The SMILES string of the molecule is CC(CCCO)NC(=O)NC(C)Cc1ccccc1F. The van der Waals surface area contributed by atoms with E-state index in [2.05, 4.69) is 10.6 Å². The van der Waals surface area contributed by atoms with Crippen LogP contribution in [0.25, 0.3) is 0 Å². The molecular formula is C15H23FN2O2. The number of halogens is 1. The smallest absolute Gasteiger partial charge is 0.315 e. The Morgan fingerprint density at radius 1 is 1.25 bits per heavy atom. The molecule has 0 aliphatic rings. The molecule has 2 unspecified atom stereocenters. The zero-order valence-corrected chi connectivity index (χ0v) is 12.0. The zero-order valence-electron chi connectivity index (χ0n) is 12.0. The highest BCUT2D eigenvalue weighted by atomic mass is 19.1. The summed E-state index contributed by atoms with van der Waals surface area (Å²) < 4.78 is 13.5. The molecule has 20 heavy (non-hydrogen) atoms. The van der Waals surface area contributed by atoms with Gasteiger partial charge in [0, 0.05) is 18.7 Å². The summed E-state index contributed by atoms with van der Waals surface area (Å²) in [6.07, 6.45) is 1.84. The standard InChI is InChI=1S/C15H23FN2O2/c1-11(6-5-9-19)17-15(20)18-12(2)10-13-7-3-4-8-14(13)16/h3-4,7-8,11-12,19H,5-6,9-10H2,1-2H3,(H2,17,18,20). The number of aliphatic hydroxyl groups excluding tert-OH is 1. The van der Waals surface area contributed by atoms with Crippen LogP contribution in [0.2, 0.25) is 0 Å². The second kappa shape index (κ2) is 8.53. The number of benzene rings is 1. The molecule has 0 fully saturated rings. The fraction of sp³-hybridized carbons (Fsp3) is 0.533. The Morgan fingerprint density at radius 2 is 1.90 bits per heavy atom. The number of carbonyl (C=O) groups is 1. The van der Waals surface area contributed by atoms with Crippen LogP contribution in [0.3, 0.4) is 0 Å². The number of nitrogens with one attached hydrogen (secondary N) is 2. The van der Waals surface area contributed by atoms with Gasteiger partial charge in [-0.1, -0.05) is 18.2 Å². The molecule has 0 aromatic heterocycles. The Morgan fingerprint density at radius 3 is 2.55 bits per heavy atom. The first-order chi connectivity index (χ1) is 9.52. The maximum absolute atomic E-state index is 13.5. The van der Waals surface area contributed by atoms with E-state index in [1.165, 1.54) is 6.07 Å². The lowest BCUT2D eigenvalue weighted by Crippen LogP contribution is -2.45. The molecule has 1 aromatic carbocycles. The molecule has 0 saturated heterocycles. The largest absolute Gasteiger partial charge is 0.396 e. The molecule has 0 spiro atoms. The first-order valence-corrected chi connectivity index (χ1v) is 6.94. The summed E-state index contributed by atoms with van der Waals surface area (Å²) in [6.45, 7) is 3.85. The highest BCUT2D eigenvalue weighted by molar-refractivity contribution is 5.74. The lowest BCUT2D eigenvalue weighted by Gasteiger charge is -2.18. The molecule has 0 bridgehead atoms. The van der Waals surface area contributed by atoms with Gasteiger partial charge in [0.15, 0.2) is 0 Å². The highest BCUT2D eigenvalue weighted by Crippen LogP contribution is 2.08. The maximum Gasteiger partial charge on any atom is 0.315 e. The number of amides is 2. The Labute approximate surface area is 119 Å². The summed E-state index contributed by atoms with van der Waals surface area (Å²) in [5.74, 6) is -0.252. The average Bonchev–Trinajstić information content (AvgIpc) is 2.38. The molecule has 0 radical (unpaired) electrons. The topological polar surface area (TPSA) is 61.4 Å². The number of carbonyl (C=O) groups excluding carboxylic acids is 1. The first kappa shape index (κ1) is 16.4. The maximum atomic E-state index is 13.5. The molecule has 0 aliphatic heterocycles. The molecule has 5 heteroatoms. The van der Waals surface area contributed by atoms with Gasteiger partial charge in [-0.2, -0.15) is 0 Å². The summed E-state index contributed by atoms with van der Waals surface area (Å²) >= 11 is 0. The third kappa shape index (κ3) is 6.02. The van der Waals surface area contributed by atoms with E-state index in [0.717, 1.165) is 6.42 Å². The van der Waals surface area contributed by atoms with Crippen LogP contribution in [0.4, 0.5) is 9.18 Å². The van der Waals surface area contributed by atoms with Crippen molar-refractivity contribution in [2.24, 2.45) is 0 Å². The van der Waals surface area contributed by atoms with Gasteiger partial charge in [-0.25, -0.2) is 9.18 Å². The second-order valence-corrected chi connectivity index (χ2v) is 5.08. The molecule has 1 aromatic rings. The second-order valence-electron chi connectivity index (χ2n) is 5.08. The Hall–Kier alpha value is -1.62. The van der Waals surface area contributed by atoms with Gasteiger partial charge in [0.25, 0.3) is 0 Å². The van der Waals surface area contributed by atoms with E-state index in [4.69, 9.17) is 5.11 Å². The van der Waals surface area contributed by atoms with Gasteiger partial charge in [0.05, 0.1) is 0 Å². The Balaban J connectivity index is 2.36. The molecule has 2 atom stereocenters. The number of hydrogen-bond donors (Lipinski definition) is 3. The summed E-state index contributed by atoms with van der Waals surface area (Å²) in [7, 11) is 0. The van der Waals surface area contributed by atoms with Crippen LogP contribution in [0.5, 0.6) is 0 Å². The third-order valence-corrected chi connectivity index (χ3v) is 3.03. The summed E-state index contributed by atoms with van der Waals surface area (Å²) in [5, 5.41) is 14.3. The van der Waals surface area contributed by atoms with Crippen molar-refractivity contribution in [2.75, 3.05) is 6.61 Å². The molecule has 0 aliphatic carbocycles. The van der Waals surface area contributed by atoms with Crippen molar-refractivity contribution >= 4 is 6.03 Å². The predicted molar refractivity (Wildman–Crippen MR) is 77.0 cm³/mol. The van der Waals surface area contributed by atoms with E-state index >= 15 is 0 Å². The predicted octanol–water partition coefficient (Wildman–Crippen LogP) is 2.22. The molecular weight excluding hydrogens is 259 g/mol. The summed E-state index contributed by atoms with van der Waals surface area (Å²) in [5.41, 5.74) is 0.591. The quantitative estimate of drug-likeness (QED) is 0.718. The van der Waals surface area contributed by atoms with Gasteiger partial charge in [0.1, 0.15) is 5.82 Å². The van der Waals surface area contributed by atoms with Gasteiger partial charge in [-0.15, -0.1) is 0 Å². The minimum atomic E-state index is -0.265. The van der Waals surface area contributed by atoms with Crippen molar-refractivity contribution in [3.05, 3.63) is 35.6 Å². The minimum absolute atomic E-state index is 0.00260. The van der Waals surface area contributed by atoms with Crippen LogP contribution in [-0.2, 0) is 6.42 Å². The fourth-order valence-corrected chi connectivity index (χ4v) is 2.00. The van der Waals surface area contributed by atoms with E-state index < -0.39 is 0 Å². The number of aliphatic hydroxyl groups is 1.